The lowest BCUT2D eigenvalue weighted by Gasteiger charge is -2.27. The van der Waals surface area contributed by atoms with Crippen LogP contribution >= 0.6 is 0 Å². The zero-order valence-electron chi connectivity index (χ0n) is 14.7. The summed E-state index contributed by atoms with van der Waals surface area (Å²) >= 11 is 0. The van der Waals surface area contributed by atoms with Crippen molar-refractivity contribution in [2.45, 2.75) is 38.6 Å². The average Bonchev–Trinajstić information content (AvgIpc) is 3.39. The van der Waals surface area contributed by atoms with Crippen molar-refractivity contribution in [2.75, 3.05) is 13.2 Å². The Morgan fingerprint density at radius 2 is 2.19 bits per heavy atom. The van der Waals surface area contributed by atoms with E-state index in [2.05, 4.69) is 10.00 Å². The van der Waals surface area contributed by atoms with E-state index in [1.54, 1.807) is 0 Å². The van der Waals surface area contributed by atoms with Gasteiger partial charge < -0.3 is 15.6 Å². The fourth-order valence-electron chi connectivity index (χ4n) is 3.42. The van der Waals surface area contributed by atoms with Gasteiger partial charge in [0.2, 0.25) is 0 Å². The molecule has 3 N–H and O–H groups in total. The molecule has 1 unspecified atom stereocenters. The Morgan fingerprint density at radius 3 is 2.96 bits per heavy atom. The Kier molecular flexibility index (Phi) is 4.65. The van der Waals surface area contributed by atoms with Gasteiger partial charge in [-0.05, 0) is 42.5 Å². The van der Waals surface area contributed by atoms with Crippen molar-refractivity contribution in [2.24, 2.45) is 11.7 Å². The van der Waals surface area contributed by atoms with Crippen LogP contribution in [0.5, 0.6) is 5.75 Å². The molecular formula is C19H24N4O3. The van der Waals surface area contributed by atoms with E-state index in [9.17, 15) is 9.90 Å². The van der Waals surface area contributed by atoms with Crippen molar-refractivity contribution >= 4 is 5.91 Å². The van der Waals surface area contributed by atoms with Crippen molar-refractivity contribution in [3.05, 3.63) is 47.3 Å². The van der Waals surface area contributed by atoms with E-state index >= 15 is 0 Å². The van der Waals surface area contributed by atoms with Crippen molar-refractivity contribution in [3.63, 3.8) is 0 Å². The molecule has 0 spiro atoms. The number of benzene rings is 1. The van der Waals surface area contributed by atoms with Gasteiger partial charge in [0, 0.05) is 19.6 Å². The first kappa shape index (κ1) is 17.1. The number of hydrogen-bond acceptors (Lipinski definition) is 5. The SMILES string of the molecule is NC(=O)COc1cccc(CN2CCn3nc(C(O)C4CC4)cc3C2)c1. The first-order valence-electron chi connectivity index (χ1n) is 9.05. The van der Waals surface area contributed by atoms with Gasteiger partial charge in [-0.1, -0.05) is 12.1 Å². The summed E-state index contributed by atoms with van der Waals surface area (Å²) in [5.41, 5.74) is 8.20. The quantitative estimate of drug-likeness (QED) is 0.778. The molecule has 0 saturated heterocycles. The summed E-state index contributed by atoms with van der Waals surface area (Å²) in [7, 11) is 0. The van der Waals surface area contributed by atoms with Crippen molar-refractivity contribution < 1.29 is 14.6 Å². The maximum Gasteiger partial charge on any atom is 0.255 e. The first-order valence-corrected chi connectivity index (χ1v) is 9.05. The maximum atomic E-state index is 10.9. The molecule has 4 rings (SSSR count). The number of aromatic nitrogens is 2. The minimum Gasteiger partial charge on any atom is -0.484 e. The third-order valence-corrected chi connectivity index (χ3v) is 4.95. The molecule has 2 heterocycles. The number of fused-ring (bicyclic) bond motifs is 1. The molecule has 1 aromatic carbocycles. The topological polar surface area (TPSA) is 93.6 Å². The summed E-state index contributed by atoms with van der Waals surface area (Å²) in [5.74, 6) is 0.563. The number of ether oxygens (including phenoxy) is 1. The number of rotatable bonds is 7. The highest BCUT2D eigenvalue weighted by molar-refractivity contribution is 5.75. The summed E-state index contributed by atoms with van der Waals surface area (Å²) in [6.45, 7) is 3.21. The van der Waals surface area contributed by atoms with E-state index in [0.717, 1.165) is 56.0 Å². The van der Waals surface area contributed by atoms with Crippen LogP contribution in [0.1, 0.15) is 35.9 Å². The number of nitrogens with zero attached hydrogens (tertiary/aromatic N) is 3. The van der Waals surface area contributed by atoms with Crippen LogP contribution in [0.4, 0.5) is 0 Å². The largest absolute Gasteiger partial charge is 0.484 e. The summed E-state index contributed by atoms with van der Waals surface area (Å²) in [6.07, 6.45) is 1.79. The molecule has 1 aliphatic carbocycles. The molecule has 1 saturated carbocycles. The maximum absolute atomic E-state index is 10.9. The molecule has 7 nitrogen and oxygen atoms in total. The summed E-state index contributed by atoms with van der Waals surface area (Å²) in [5, 5.41) is 14.9. The van der Waals surface area contributed by atoms with Gasteiger partial charge in [0.1, 0.15) is 11.9 Å². The molecule has 7 heteroatoms. The average molecular weight is 356 g/mol. The standard InChI is InChI=1S/C19H24N4O3/c20-18(24)12-26-16-3-1-2-13(8-16)10-22-6-7-23-15(11-22)9-17(21-23)19(25)14-4-5-14/h1-3,8-9,14,19,25H,4-7,10-12H2,(H2,20,24). The molecule has 138 valence electrons. The van der Waals surface area contributed by atoms with Gasteiger partial charge >= 0.3 is 0 Å². The number of primary amides is 1. The van der Waals surface area contributed by atoms with Gasteiger partial charge in [0.05, 0.1) is 17.9 Å². The number of amides is 1. The van der Waals surface area contributed by atoms with Crippen molar-refractivity contribution in [3.8, 4) is 5.75 Å². The highest BCUT2D eigenvalue weighted by Gasteiger charge is 2.33. The van der Waals surface area contributed by atoms with E-state index < -0.39 is 12.0 Å². The van der Waals surface area contributed by atoms with E-state index in [0.29, 0.717) is 11.7 Å². The predicted molar refractivity (Wildman–Crippen MR) is 95.2 cm³/mol. The second-order valence-electron chi connectivity index (χ2n) is 7.18. The van der Waals surface area contributed by atoms with Crippen LogP contribution < -0.4 is 10.5 Å². The Bertz CT molecular complexity index is 800. The Labute approximate surface area is 152 Å². The smallest absolute Gasteiger partial charge is 0.255 e. The number of hydrogen-bond donors (Lipinski definition) is 2. The highest BCUT2D eigenvalue weighted by atomic mass is 16.5. The molecule has 26 heavy (non-hydrogen) atoms. The van der Waals surface area contributed by atoms with Crippen LogP contribution in [-0.2, 0) is 24.4 Å². The lowest BCUT2D eigenvalue weighted by molar-refractivity contribution is -0.119. The van der Waals surface area contributed by atoms with Gasteiger partial charge in [0.15, 0.2) is 6.61 Å². The number of nitrogens with two attached hydrogens (primary N) is 1. The monoisotopic (exact) mass is 356 g/mol. The molecule has 0 bridgehead atoms. The lowest BCUT2D eigenvalue weighted by atomic mass is 10.1. The number of aliphatic hydroxyl groups is 1. The van der Waals surface area contributed by atoms with E-state index in [-0.39, 0.29) is 6.61 Å². The van der Waals surface area contributed by atoms with Gasteiger partial charge in [-0.3, -0.25) is 14.4 Å². The molecule has 1 atom stereocenters. The van der Waals surface area contributed by atoms with Crippen LogP contribution in [0.15, 0.2) is 30.3 Å². The zero-order valence-corrected chi connectivity index (χ0v) is 14.7. The molecule has 1 fully saturated rings. The normalized spacial score (nSPS) is 18.3. The zero-order chi connectivity index (χ0) is 18.1. The van der Waals surface area contributed by atoms with Crippen LogP contribution in [0, 0.1) is 5.92 Å². The van der Waals surface area contributed by atoms with E-state index in [1.165, 1.54) is 0 Å². The minimum atomic E-state index is -0.483. The van der Waals surface area contributed by atoms with Crippen LogP contribution in [-0.4, -0.2) is 38.8 Å². The molecule has 1 amide bonds. The van der Waals surface area contributed by atoms with E-state index in [1.807, 2.05) is 35.0 Å². The van der Waals surface area contributed by atoms with Crippen molar-refractivity contribution in [1.82, 2.24) is 14.7 Å². The Morgan fingerprint density at radius 1 is 1.35 bits per heavy atom. The van der Waals surface area contributed by atoms with Crippen LogP contribution in [0.2, 0.25) is 0 Å². The summed E-state index contributed by atoms with van der Waals surface area (Å²) in [6, 6.07) is 9.77. The first-order chi connectivity index (χ1) is 12.6. The second-order valence-corrected chi connectivity index (χ2v) is 7.18. The van der Waals surface area contributed by atoms with E-state index in [4.69, 9.17) is 10.5 Å². The van der Waals surface area contributed by atoms with Gasteiger partial charge in [-0.25, -0.2) is 0 Å². The summed E-state index contributed by atoms with van der Waals surface area (Å²) in [4.78, 5) is 13.2. The number of aliphatic hydroxyl groups excluding tert-OH is 1. The molecule has 0 radical (unpaired) electrons. The lowest BCUT2D eigenvalue weighted by Crippen LogP contribution is -2.33. The Hall–Kier alpha value is -2.38. The molecule has 2 aromatic rings. The predicted octanol–water partition coefficient (Wildman–Crippen LogP) is 1.21. The number of carbonyl (C=O) groups is 1. The molecule has 1 aromatic heterocycles. The third kappa shape index (κ3) is 3.89. The Balaban J connectivity index is 1.39. The van der Waals surface area contributed by atoms with Crippen LogP contribution in [0.3, 0.4) is 0 Å². The van der Waals surface area contributed by atoms with Gasteiger partial charge in [-0.15, -0.1) is 0 Å². The fraction of sp³-hybridized carbons (Fsp3) is 0.474. The van der Waals surface area contributed by atoms with Crippen LogP contribution in [0.25, 0.3) is 0 Å². The molecule has 2 aliphatic rings. The fourth-order valence-corrected chi connectivity index (χ4v) is 3.42. The van der Waals surface area contributed by atoms with Gasteiger partial charge in [0.25, 0.3) is 5.91 Å². The highest BCUT2D eigenvalue weighted by Crippen LogP contribution is 2.40. The third-order valence-electron chi connectivity index (χ3n) is 4.95. The second kappa shape index (κ2) is 7.09. The molecule has 1 aliphatic heterocycles. The molecular weight excluding hydrogens is 332 g/mol. The summed E-state index contributed by atoms with van der Waals surface area (Å²) < 4.78 is 7.39. The minimum absolute atomic E-state index is 0.113. The number of carbonyl (C=O) groups excluding carboxylic acids is 1. The van der Waals surface area contributed by atoms with Crippen molar-refractivity contribution in [1.29, 1.82) is 0 Å². The van der Waals surface area contributed by atoms with Gasteiger partial charge in [-0.2, -0.15) is 5.10 Å².